The van der Waals surface area contributed by atoms with Crippen LogP contribution in [0.2, 0.25) is 0 Å². The molecule has 1 amide bonds. The zero-order valence-corrected chi connectivity index (χ0v) is 10.6. The third-order valence-electron chi connectivity index (χ3n) is 2.64. The molecule has 2 heterocycles. The summed E-state index contributed by atoms with van der Waals surface area (Å²) in [5.41, 5.74) is -0.413. The van der Waals surface area contributed by atoms with E-state index in [4.69, 9.17) is 5.11 Å². The minimum Gasteiger partial charge on any atom is -0.394 e. The number of thiazole rings is 1. The smallest absolute Gasteiger partial charge is 0.271 e. The summed E-state index contributed by atoms with van der Waals surface area (Å²) >= 11 is 1.32. The maximum Gasteiger partial charge on any atom is 0.271 e. The number of carbonyl (C=O) groups excluding carboxylic acids is 1. The molecule has 1 unspecified atom stereocenters. The van der Waals surface area contributed by atoms with Gasteiger partial charge >= 0.3 is 0 Å². The molecule has 96 valence electrons. The summed E-state index contributed by atoms with van der Waals surface area (Å²) in [5.74, 6) is -0.506. The first-order valence-electron chi connectivity index (χ1n) is 5.54. The predicted molar refractivity (Wildman–Crippen MR) is 68.0 cm³/mol. The van der Waals surface area contributed by atoms with E-state index in [0.717, 1.165) is 0 Å². The molecule has 0 saturated heterocycles. The molecule has 0 aromatic carbocycles. The lowest BCUT2D eigenvalue weighted by atomic mass is 10.2. The number of aromatic nitrogens is 2. The molecule has 2 aromatic rings. The molecule has 18 heavy (non-hydrogen) atoms. The molecule has 0 bridgehead atoms. The number of fused-ring (bicyclic) bond motifs is 1. The van der Waals surface area contributed by atoms with E-state index in [-0.39, 0.29) is 18.2 Å². The zero-order chi connectivity index (χ0) is 13.1. The summed E-state index contributed by atoms with van der Waals surface area (Å²) in [7, 11) is 0. The standard InChI is InChI=1S/C11H13N3O3S/c1-2-7(6-15)13-9(16)8-5-12-11-14(10(8)17)3-4-18-11/h3-5,7,15H,2,6H2,1H3,(H,13,16). The van der Waals surface area contributed by atoms with E-state index in [9.17, 15) is 9.59 Å². The first-order chi connectivity index (χ1) is 8.67. The van der Waals surface area contributed by atoms with E-state index in [0.29, 0.717) is 11.4 Å². The highest BCUT2D eigenvalue weighted by atomic mass is 32.1. The van der Waals surface area contributed by atoms with Crippen molar-refractivity contribution in [2.75, 3.05) is 6.61 Å². The van der Waals surface area contributed by atoms with Gasteiger partial charge in [-0.25, -0.2) is 4.98 Å². The van der Waals surface area contributed by atoms with Gasteiger partial charge in [0.05, 0.1) is 12.6 Å². The molecule has 0 aliphatic carbocycles. The lowest BCUT2D eigenvalue weighted by Gasteiger charge is -2.13. The summed E-state index contributed by atoms with van der Waals surface area (Å²) in [5, 5.41) is 13.3. The number of rotatable bonds is 4. The first kappa shape index (κ1) is 12.7. The molecule has 2 rings (SSSR count). The van der Waals surface area contributed by atoms with Gasteiger partial charge in [-0.05, 0) is 6.42 Å². The van der Waals surface area contributed by atoms with Crippen molar-refractivity contribution in [3.63, 3.8) is 0 Å². The van der Waals surface area contributed by atoms with Crippen molar-refractivity contribution in [2.45, 2.75) is 19.4 Å². The summed E-state index contributed by atoms with van der Waals surface area (Å²) in [6.07, 6.45) is 3.45. The average Bonchev–Trinajstić information content (AvgIpc) is 2.85. The Morgan fingerprint density at radius 1 is 1.67 bits per heavy atom. The van der Waals surface area contributed by atoms with Crippen LogP contribution in [0.5, 0.6) is 0 Å². The zero-order valence-electron chi connectivity index (χ0n) is 9.79. The van der Waals surface area contributed by atoms with Crippen LogP contribution in [0.15, 0.2) is 22.6 Å². The van der Waals surface area contributed by atoms with Gasteiger partial charge in [-0.3, -0.25) is 14.0 Å². The second-order valence-corrected chi connectivity index (χ2v) is 4.67. The number of hydrogen-bond acceptors (Lipinski definition) is 5. The van der Waals surface area contributed by atoms with Crippen molar-refractivity contribution in [3.8, 4) is 0 Å². The van der Waals surface area contributed by atoms with Gasteiger partial charge in [0, 0.05) is 17.8 Å². The Bertz CT molecular complexity index is 615. The predicted octanol–water partition coefficient (Wildman–Crippen LogP) is 0.257. The Balaban J connectivity index is 2.33. The second kappa shape index (κ2) is 5.28. The highest BCUT2D eigenvalue weighted by Crippen LogP contribution is 2.05. The molecule has 6 nitrogen and oxygen atoms in total. The van der Waals surface area contributed by atoms with Crippen molar-refractivity contribution in [2.24, 2.45) is 0 Å². The van der Waals surface area contributed by atoms with Gasteiger partial charge in [-0.15, -0.1) is 11.3 Å². The maximum absolute atomic E-state index is 12.0. The van der Waals surface area contributed by atoms with Gasteiger partial charge in [0.2, 0.25) is 0 Å². The van der Waals surface area contributed by atoms with Crippen LogP contribution in [0.25, 0.3) is 4.96 Å². The summed E-state index contributed by atoms with van der Waals surface area (Å²) in [6, 6.07) is -0.347. The molecule has 2 aromatic heterocycles. The van der Waals surface area contributed by atoms with Crippen molar-refractivity contribution in [1.82, 2.24) is 14.7 Å². The van der Waals surface area contributed by atoms with E-state index < -0.39 is 11.5 Å². The van der Waals surface area contributed by atoms with E-state index in [1.165, 1.54) is 21.9 Å². The number of nitrogens with one attached hydrogen (secondary N) is 1. The minimum absolute atomic E-state index is 0.0159. The third-order valence-corrected chi connectivity index (χ3v) is 3.41. The van der Waals surface area contributed by atoms with Gasteiger partial charge < -0.3 is 10.4 Å². The van der Waals surface area contributed by atoms with Crippen LogP contribution in [0.3, 0.4) is 0 Å². The van der Waals surface area contributed by atoms with Gasteiger partial charge in [0.15, 0.2) is 4.96 Å². The molecule has 1 atom stereocenters. The molecule has 0 spiro atoms. The summed E-state index contributed by atoms with van der Waals surface area (Å²) in [6.45, 7) is 1.69. The lowest BCUT2D eigenvalue weighted by molar-refractivity contribution is 0.0913. The Hall–Kier alpha value is -1.73. The molecular formula is C11H13N3O3S. The molecule has 0 saturated carbocycles. The second-order valence-electron chi connectivity index (χ2n) is 3.79. The Morgan fingerprint density at radius 3 is 3.11 bits per heavy atom. The van der Waals surface area contributed by atoms with Crippen molar-refractivity contribution in [3.05, 3.63) is 33.7 Å². The molecule has 0 aliphatic rings. The summed E-state index contributed by atoms with van der Waals surface area (Å²) in [4.78, 5) is 28.5. The van der Waals surface area contributed by atoms with Crippen LogP contribution < -0.4 is 10.9 Å². The number of aliphatic hydroxyl groups excluding tert-OH is 1. The fourth-order valence-electron chi connectivity index (χ4n) is 1.52. The molecule has 2 N–H and O–H groups in total. The number of nitrogens with zero attached hydrogens (tertiary/aromatic N) is 2. The van der Waals surface area contributed by atoms with E-state index in [1.807, 2.05) is 6.92 Å². The topological polar surface area (TPSA) is 83.7 Å². The first-order valence-corrected chi connectivity index (χ1v) is 6.42. The van der Waals surface area contributed by atoms with Crippen LogP contribution in [-0.4, -0.2) is 33.0 Å². The van der Waals surface area contributed by atoms with Gasteiger partial charge in [-0.2, -0.15) is 0 Å². The van der Waals surface area contributed by atoms with E-state index in [2.05, 4.69) is 10.3 Å². The third kappa shape index (κ3) is 2.27. The Labute approximate surface area is 107 Å². The average molecular weight is 267 g/mol. The van der Waals surface area contributed by atoms with Crippen molar-refractivity contribution < 1.29 is 9.90 Å². The van der Waals surface area contributed by atoms with E-state index >= 15 is 0 Å². The van der Waals surface area contributed by atoms with Crippen molar-refractivity contribution >= 4 is 22.2 Å². The molecule has 7 heteroatoms. The van der Waals surface area contributed by atoms with Crippen LogP contribution in [0.4, 0.5) is 0 Å². The number of amides is 1. The normalized spacial score (nSPS) is 12.6. The lowest BCUT2D eigenvalue weighted by Crippen LogP contribution is -2.39. The van der Waals surface area contributed by atoms with Crippen molar-refractivity contribution in [1.29, 1.82) is 0 Å². The van der Waals surface area contributed by atoms with E-state index in [1.54, 1.807) is 11.6 Å². The van der Waals surface area contributed by atoms with Crippen LogP contribution >= 0.6 is 11.3 Å². The number of hydrogen-bond donors (Lipinski definition) is 2. The van der Waals surface area contributed by atoms with Gasteiger partial charge in [0.25, 0.3) is 11.5 Å². The van der Waals surface area contributed by atoms with Crippen LogP contribution in [0, 0.1) is 0 Å². The van der Waals surface area contributed by atoms with Crippen LogP contribution in [0.1, 0.15) is 23.7 Å². The highest BCUT2D eigenvalue weighted by Gasteiger charge is 2.16. The largest absolute Gasteiger partial charge is 0.394 e. The fraction of sp³-hybridized carbons (Fsp3) is 0.364. The molecule has 0 radical (unpaired) electrons. The molecule has 0 aliphatic heterocycles. The SMILES string of the molecule is CCC(CO)NC(=O)c1cnc2sccn2c1=O. The van der Waals surface area contributed by atoms with Crippen LogP contribution in [-0.2, 0) is 0 Å². The van der Waals surface area contributed by atoms with Gasteiger partial charge in [-0.1, -0.05) is 6.92 Å². The number of carbonyl (C=O) groups is 1. The van der Waals surface area contributed by atoms with Gasteiger partial charge in [0.1, 0.15) is 5.56 Å². The maximum atomic E-state index is 12.0. The summed E-state index contributed by atoms with van der Waals surface area (Å²) < 4.78 is 1.33. The molecule has 0 fully saturated rings. The monoisotopic (exact) mass is 267 g/mol. The Kier molecular flexibility index (Phi) is 3.73. The quantitative estimate of drug-likeness (QED) is 0.832. The fourth-order valence-corrected chi connectivity index (χ4v) is 2.20. The Morgan fingerprint density at radius 2 is 2.44 bits per heavy atom. The minimum atomic E-state index is -0.506. The number of aliphatic hydroxyl groups is 1. The molecular weight excluding hydrogens is 254 g/mol. The highest BCUT2D eigenvalue weighted by molar-refractivity contribution is 7.15.